The van der Waals surface area contributed by atoms with Crippen LogP contribution in [-0.4, -0.2) is 34.8 Å². The van der Waals surface area contributed by atoms with Crippen LogP contribution in [0.15, 0.2) is 54.7 Å². The lowest BCUT2D eigenvalue weighted by molar-refractivity contribution is 0.0601. The van der Waals surface area contributed by atoms with Gasteiger partial charge in [0.15, 0.2) is 5.82 Å². The topological polar surface area (TPSA) is 80.2 Å². The maximum Gasteiger partial charge on any atom is 0.337 e. The van der Waals surface area contributed by atoms with Crippen LogP contribution in [0.2, 0.25) is 0 Å². The maximum absolute atomic E-state index is 11.7. The Kier molecular flexibility index (Phi) is 5.61. The first-order valence-corrected chi connectivity index (χ1v) is 8.60. The van der Waals surface area contributed by atoms with E-state index < -0.39 is 5.97 Å². The molecule has 1 aromatic heterocycles. The van der Waals surface area contributed by atoms with E-state index in [2.05, 4.69) is 51.4 Å². The quantitative estimate of drug-likeness (QED) is 0.666. The van der Waals surface area contributed by atoms with E-state index in [1.807, 2.05) is 18.2 Å². The minimum Gasteiger partial charge on any atom is -0.465 e. The molecule has 7 heteroatoms. The number of methoxy groups -OCH3 is 1. The van der Waals surface area contributed by atoms with Gasteiger partial charge in [-0.05, 0) is 49.7 Å². The Morgan fingerprint density at radius 1 is 1.19 bits per heavy atom. The van der Waals surface area contributed by atoms with E-state index in [-0.39, 0.29) is 0 Å². The predicted octanol–water partition coefficient (Wildman–Crippen LogP) is 3.87. The maximum atomic E-state index is 11.7. The van der Waals surface area contributed by atoms with Crippen LogP contribution in [0.25, 0.3) is 0 Å². The van der Waals surface area contributed by atoms with Gasteiger partial charge in [0, 0.05) is 17.9 Å². The van der Waals surface area contributed by atoms with Crippen LogP contribution in [0.4, 0.5) is 23.1 Å². The zero-order valence-electron chi connectivity index (χ0n) is 15.5. The average molecular weight is 363 g/mol. The largest absolute Gasteiger partial charge is 0.465 e. The first kappa shape index (κ1) is 18.3. The lowest BCUT2D eigenvalue weighted by Crippen LogP contribution is -2.18. The van der Waals surface area contributed by atoms with Gasteiger partial charge in [0.25, 0.3) is 0 Å². The number of benzene rings is 2. The summed E-state index contributed by atoms with van der Waals surface area (Å²) in [6, 6.07) is 15.1. The van der Waals surface area contributed by atoms with E-state index in [0.29, 0.717) is 23.0 Å². The third-order valence-electron chi connectivity index (χ3n) is 3.99. The molecule has 0 aliphatic rings. The molecule has 3 aromatic rings. The molecule has 0 spiro atoms. The van der Waals surface area contributed by atoms with Gasteiger partial charge in [-0.15, -0.1) is 5.10 Å². The fourth-order valence-corrected chi connectivity index (χ4v) is 2.72. The number of aryl methyl sites for hydroxylation is 1. The zero-order chi connectivity index (χ0) is 19.2. The summed E-state index contributed by atoms with van der Waals surface area (Å²) in [7, 11) is 1.35. The van der Waals surface area contributed by atoms with Crippen molar-refractivity contribution < 1.29 is 9.53 Å². The van der Waals surface area contributed by atoms with Crippen LogP contribution >= 0.6 is 0 Å². The minimum atomic E-state index is -0.400. The van der Waals surface area contributed by atoms with E-state index in [0.717, 1.165) is 12.2 Å². The summed E-state index contributed by atoms with van der Waals surface area (Å²) in [5, 5.41) is 11.2. The number of nitrogens with one attached hydrogen (secondary N) is 1. The first-order chi connectivity index (χ1) is 13.1. The van der Waals surface area contributed by atoms with Crippen molar-refractivity contribution in [1.82, 2.24) is 15.2 Å². The van der Waals surface area contributed by atoms with Crippen molar-refractivity contribution in [2.75, 3.05) is 23.9 Å². The average Bonchev–Trinajstić information content (AvgIpc) is 2.68. The molecule has 7 nitrogen and oxygen atoms in total. The summed E-state index contributed by atoms with van der Waals surface area (Å²) in [6.45, 7) is 4.84. The molecule has 0 amide bonds. The van der Waals surface area contributed by atoms with Crippen molar-refractivity contribution >= 4 is 29.1 Å². The van der Waals surface area contributed by atoms with Gasteiger partial charge in [-0.25, -0.2) is 4.79 Å². The van der Waals surface area contributed by atoms with Crippen molar-refractivity contribution in [2.45, 2.75) is 13.8 Å². The van der Waals surface area contributed by atoms with E-state index in [1.54, 1.807) is 24.4 Å². The molecule has 27 heavy (non-hydrogen) atoms. The summed E-state index contributed by atoms with van der Waals surface area (Å²) in [5.74, 6) is 0.633. The van der Waals surface area contributed by atoms with Gasteiger partial charge < -0.3 is 15.0 Å². The van der Waals surface area contributed by atoms with Crippen LogP contribution < -0.4 is 10.2 Å². The lowest BCUT2D eigenvalue weighted by atomic mass is 10.2. The second kappa shape index (κ2) is 8.27. The Morgan fingerprint density at radius 2 is 2.00 bits per heavy atom. The van der Waals surface area contributed by atoms with Gasteiger partial charge in [-0.1, -0.05) is 18.2 Å². The smallest absolute Gasteiger partial charge is 0.337 e. The Balaban J connectivity index is 1.86. The number of ether oxygens (including phenoxy) is 1. The molecule has 0 aliphatic heterocycles. The van der Waals surface area contributed by atoms with Crippen molar-refractivity contribution in [3.63, 3.8) is 0 Å². The fraction of sp³-hybridized carbons (Fsp3) is 0.200. The van der Waals surface area contributed by atoms with Crippen molar-refractivity contribution in [1.29, 1.82) is 0 Å². The standard InChI is InChI=1S/C20H21N5O2/c1-4-25(17-10-5-7-14(2)11-17)18-13-21-24-20(23-18)22-16-9-6-8-15(12-16)19(26)27-3/h5-13H,4H2,1-3H3,(H,22,23,24). The molecule has 2 aromatic carbocycles. The number of nitrogens with zero attached hydrogens (tertiary/aromatic N) is 4. The molecule has 0 aliphatic carbocycles. The van der Waals surface area contributed by atoms with Crippen LogP contribution in [-0.2, 0) is 4.74 Å². The molecule has 0 saturated carbocycles. The second-order valence-corrected chi connectivity index (χ2v) is 5.92. The highest BCUT2D eigenvalue weighted by Crippen LogP contribution is 2.24. The van der Waals surface area contributed by atoms with E-state index in [4.69, 9.17) is 4.74 Å². The Bertz CT molecular complexity index is 945. The highest BCUT2D eigenvalue weighted by molar-refractivity contribution is 5.90. The molecular weight excluding hydrogens is 342 g/mol. The van der Waals surface area contributed by atoms with E-state index in [9.17, 15) is 4.79 Å². The van der Waals surface area contributed by atoms with Crippen LogP contribution in [0.3, 0.4) is 0 Å². The molecule has 0 saturated heterocycles. The number of aromatic nitrogens is 3. The van der Waals surface area contributed by atoms with Crippen molar-refractivity contribution in [2.24, 2.45) is 0 Å². The highest BCUT2D eigenvalue weighted by atomic mass is 16.5. The van der Waals surface area contributed by atoms with Gasteiger partial charge in [0.2, 0.25) is 5.95 Å². The summed E-state index contributed by atoms with van der Waals surface area (Å²) in [6.07, 6.45) is 1.63. The minimum absolute atomic E-state index is 0.348. The molecule has 138 valence electrons. The van der Waals surface area contributed by atoms with Gasteiger partial charge in [0.1, 0.15) is 0 Å². The number of anilines is 4. The van der Waals surface area contributed by atoms with Crippen LogP contribution in [0.5, 0.6) is 0 Å². The molecule has 0 fully saturated rings. The first-order valence-electron chi connectivity index (χ1n) is 8.60. The summed E-state index contributed by atoms with van der Waals surface area (Å²) < 4.78 is 4.75. The van der Waals surface area contributed by atoms with Gasteiger partial charge in [-0.3, -0.25) is 0 Å². The van der Waals surface area contributed by atoms with Crippen molar-refractivity contribution in [3.8, 4) is 0 Å². The second-order valence-electron chi connectivity index (χ2n) is 5.92. The number of esters is 1. The van der Waals surface area contributed by atoms with Crippen molar-refractivity contribution in [3.05, 3.63) is 65.9 Å². The predicted molar refractivity (Wildman–Crippen MR) is 105 cm³/mol. The zero-order valence-corrected chi connectivity index (χ0v) is 15.5. The number of hydrogen-bond acceptors (Lipinski definition) is 7. The monoisotopic (exact) mass is 363 g/mol. The molecule has 0 radical (unpaired) electrons. The summed E-state index contributed by atoms with van der Waals surface area (Å²) >= 11 is 0. The highest BCUT2D eigenvalue weighted by Gasteiger charge is 2.12. The molecule has 3 rings (SSSR count). The van der Waals surface area contributed by atoms with Crippen LogP contribution in [0.1, 0.15) is 22.8 Å². The summed E-state index contributed by atoms with van der Waals surface area (Å²) in [5.41, 5.74) is 3.33. The molecule has 0 atom stereocenters. The fourth-order valence-electron chi connectivity index (χ4n) is 2.72. The van der Waals surface area contributed by atoms with Gasteiger partial charge in [0.05, 0.1) is 18.9 Å². The lowest BCUT2D eigenvalue weighted by Gasteiger charge is -2.22. The number of hydrogen-bond donors (Lipinski definition) is 1. The SMILES string of the molecule is CCN(c1cccc(C)c1)c1cnnc(Nc2cccc(C(=O)OC)c2)n1. The van der Waals surface area contributed by atoms with Crippen LogP contribution in [0, 0.1) is 6.92 Å². The van der Waals surface area contributed by atoms with E-state index in [1.165, 1.54) is 12.7 Å². The molecule has 0 bridgehead atoms. The Morgan fingerprint density at radius 3 is 2.74 bits per heavy atom. The Labute approximate surface area is 158 Å². The molecule has 0 unspecified atom stereocenters. The molecular formula is C20H21N5O2. The third kappa shape index (κ3) is 4.38. The van der Waals surface area contributed by atoms with E-state index >= 15 is 0 Å². The number of carbonyl (C=O) groups excluding carboxylic acids is 1. The van der Waals surface area contributed by atoms with Gasteiger partial charge in [-0.2, -0.15) is 10.1 Å². The number of rotatable bonds is 6. The normalized spacial score (nSPS) is 10.3. The third-order valence-corrected chi connectivity index (χ3v) is 3.99. The Hall–Kier alpha value is -3.48. The molecule has 1 heterocycles. The van der Waals surface area contributed by atoms with Gasteiger partial charge >= 0.3 is 5.97 Å². The number of carbonyl (C=O) groups is 1. The summed E-state index contributed by atoms with van der Waals surface area (Å²) in [4.78, 5) is 18.3. The molecule has 1 N–H and O–H groups in total.